The number of ether oxygens (including phenoxy) is 2. The van der Waals surface area contributed by atoms with Crippen molar-refractivity contribution in [1.82, 2.24) is 9.78 Å². The van der Waals surface area contributed by atoms with Crippen molar-refractivity contribution in [2.75, 3.05) is 12.1 Å². The second-order valence-corrected chi connectivity index (χ2v) is 6.65. The van der Waals surface area contributed by atoms with E-state index in [2.05, 4.69) is 10.4 Å². The molecule has 3 aromatic rings. The zero-order valence-corrected chi connectivity index (χ0v) is 14.3. The number of carbonyl (C=O) groups is 1. The van der Waals surface area contributed by atoms with Crippen molar-refractivity contribution < 1.29 is 18.7 Å². The van der Waals surface area contributed by atoms with E-state index in [0.29, 0.717) is 18.1 Å². The van der Waals surface area contributed by atoms with Gasteiger partial charge in [0, 0.05) is 17.9 Å². The third-order valence-corrected chi connectivity index (χ3v) is 4.91. The zero-order valence-electron chi connectivity index (χ0n) is 14.3. The smallest absolute Gasteiger partial charge is 0.231 e. The minimum Gasteiger partial charge on any atom is -0.454 e. The van der Waals surface area contributed by atoms with Crippen molar-refractivity contribution in [1.29, 1.82) is 0 Å². The molecule has 136 valence electrons. The first kappa shape index (κ1) is 15.9. The second-order valence-electron chi connectivity index (χ2n) is 6.65. The van der Waals surface area contributed by atoms with Crippen molar-refractivity contribution in [2.45, 2.75) is 18.9 Å². The third kappa shape index (κ3) is 2.81. The van der Waals surface area contributed by atoms with Crippen LogP contribution in [0.3, 0.4) is 0 Å². The number of aromatic nitrogens is 2. The number of anilines is 1. The van der Waals surface area contributed by atoms with E-state index >= 15 is 0 Å². The highest BCUT2D eigenvalue weighted by Crippen LogP contribution is 2.38. The SMILES string of the molecule is O=C1C[C@@H](c2cccc(F)c2)c2cnn(Cc3ccc4c(c3)OCO4)c2N1. The molecule has 2 aliphatic heterocycles. The molecule has 0 saturated carbocycles. The molecular weight excluding hydrogens is 349 g/mol. The number of benzene rings is 2. The number of halogens is 1. The molecule has 0 radical (unpaired) electrons. The van der Waals surface area contributed by atoms with Gasteiger partial charge in [-0.25, -0.2) is 9.07 Å². The number of rotatable bonds is 3. The van der Waals surface area contributed by atoms with Gasteiger partial charge in [-0.15, -0.1) is 0 Å². The topological polar surface area (TPSA) is 65.4 Å². The average molecular weight is 365 g/mol. The number of amides is 1. The number of hydrogen-bond donors (Lipinski definition) is 1. The summed E-state index contributed by atoms with van der Waals surface area (Å²) in [7, 11) is 0. The fourth-order valence-electron chi connectivity index (χ4n) is 3.62. The van der Waals surface area contributed by atoms with Gasteiger partial charge in [-0.3, -0.25) is 4.79 Å². The van der Waals surface area contributed by atoms with Crippen LogP contribution in [0.15, 0.2) is 48.7 Å². The molecular formula is C20H16FN3O3. The lowest BCUT2D eigenvalue weighted by molar-refractivity contribution is -0.116. The normalized spacial score (nSPS) is 17.5. The van der Waals surface area contributed by atoms with Gasteiger partial charge >= 0.3 is 0 Å². The molecule has 27 heavy (non-hydrogen) atoms. The molecule has 7 heteroatoms. The fraction of sp³-hybridized carbons (Fsp3) is 0.200. The van der Waals surface area contributed by atoms with Crippen molar-refractivity contribution in [2.24, 2.45) is 0 Å². The van der Waals surface area contributed by atoms with Crippen LogP contribution >= 0.6 is 0 Å². The number of carbonyl (C=O) groups excluding carboxylic acids is 1. The van der Waals surface area contributed by atoms with E-state index < -0.39 is 0 Å². The average Bonchev–Trinajstić information content (AvgIpc) is 3.28. The van der Waals surface area contributed by atoms with E-state index in [1.807, 2.05) is 24.3 Å². The lowest BCUT2D eigenvalue weighted by atomic mass is 9.87. The molecule has 6 nitrogen and oxygen atoms in total. The molecule has 0 bridgehead atoms. The van der Waals surface area contributed by atoms with Gasteiger partial charge < -0.3 is 14.8 Å². The summed E-state index contributed by atoms with van der Waals surface area (Å²) in [5.41, 5.74) is 2.64. The van der Waals surface area contributed by atoms with Gasteiger partial charge in [-0.2, -0.15) is 5.10 Å². The summed E-state index contributed by atoms with van der Waals surface area (Å²) in [5, 5.41) is 7.36. The Bertz CT molecular complexity index is 1050. The Morgan fingerprint density at radius 1 is 1.19 bits per heavy atom. The predicted octanol–water partition coefficient (Wildman–Crippen LogP) is 3.27. The summed E-state index contributed by atoms with van der Waals surface area (Å²) in [5.74, 6) is 1.45. The van der Waals surface area contributed by atoms with E-state index in [0.717, 1.165) is 22.4 Å². The van der Waals surface area contributed by atoms with Crippen LogP contribution in [0.25, 0.3) is 0 Å². The van der Waals surface area contributed by atoms with Gasteiger partial charge in [-0.05, 0) is 35.4 Å². The Hall–Kier alpha value is -3.35. The molecule has 1 aromatic heterocycles. The van der Waals surface area contributed by atoms with Crippen molar-refractivity contribution in [3.8, 4) is 11.5 Å². The molecule has 3 heterocycles. The Morgan fingerprint density at radius 2 is 2.07 bits per heavy atom. The standard InChI is InChI=1S/C20H16FN3O3/c21-14-3-1-2-13(7-14)15-8-19(25)23-20-16(15)9-22-24(20)10-12-4-5-17-18(6-12)27-11-26-17/h1-7,9,15H,8,10-11H2,(H,23,25)/t15-/m0/s1. The third-order valence-electron chi connectivity index (χ3n) is 4.91. The van der Waals surface area contributed by atoms with Gasteiger partial charge in [0.2, 0.25) is 12.7 Å². The first-order valence-corrected chi connectivity index (χ1v) is 8.67. The van der Waals surface area contributed by atoms with Gasteiger partial charge in [-0.1, -0.05) is 18.2 Å². The Morgan fingerprint density at radius 3 is 2.96 bits per heavy atom. The minimum atomic E-state index is -0.312. The molecule has 0 unspecified atom stereocenters. The highest BCUT2D eigenvalue weighted by atomic mass is 19.1. The van der Waals surface area contributed by atoms with Crippen molar-refractivity contribution in [3.63, 3.8) is 0 Å². The highest BCUT2D eigenvalue weighted by molar-refractivity contribution is 5.94. The number of nitrogens with one attached hydrogen (secondary N) is 1. The van der Waals surface area contributed by atoms with E-state index in [1.165, 1.54) is 12.1 Å². The van der Waals surface area contributed by atoms with Gasteiger partial charge in [0.25, 0.3) is 0 Å². The number of hydrogen-bond acceptors (Lipinski definition) is 4. The van der Waals surface area contributed by atoms with Gasteiger partial charge in [0.1, 0.15) is 11.6 Å². The molecule has 5 rings (SSSR count). The maximum absolute atomic E-state index is 13.7. The quantitative estimate of drug-likeness (QED) is 0.774. The highest BCUT2D eigenvalue weighted by Gasteiger charge is 2.30. The first-order chi connectivity index (χ1) is 13.2. The van der Waals surface area contributed by atoms with Crippen LogP contribution in [0.1, 0.15) is 29.0 Å². The molecule has 0 spiro atoms. The summed E-state index contributed by atoms with van der Waals surface area (Å²) in [6.07, 6.45) is 2.02. The van der Waals surface area contributed by atoms with E-state index in [9.17, 15) is 9.18 Å². The molecule has 2 aromatic carbocycles. The van der Waals surface area contributed by atoms with Crippen LogP contribution in [0.5, 0.6) is 11.5 Å². The lowest BCUT2D eigenvalue weighted by Gasteiger charge is -2.24. The summed E-state index contributed by atoms with van der Waals surface area (Å²) in [4.78, 5) is 12.3. The molecule has 2 aliphatic rings. The van der Waals surface area contributed by atoms with E-state index in [1.54, 1.807) is 16.9 Å². The molecule has 1 N–H and O–H groups in total. The molecule has 0 fully saturated rings. The molecule has 1 atom stereocenters. The largest absolute Gasteiger partial charge is 0.454 e. The summed E-state index contributed by atoms with van der Waals surface area (Å²) < 4.78 is 26.2. The second kappa shape index (κ2) is 6.12. The van der Waals surface area contributed by atoms with Crippen LogP contribution in [0.2, 0.25) is 0 Å². The minimum absolute atomic E-state index is 0.107. The Balaban J connectivity index is 1.49. The van der Waals surface area contributed by atoms with Gasteiger partial charge in [0.05, 0.1) is 12.7 Å². The number of fused-ring (bicyclic) bond motifs is 2. The number of nitrogens with zero attached hydrogens (tertiary/aromatic N) is 2. The fourth-order valence-corrected chi connectivity index (χ4v) is 3.62. The maximum atomic E-state index is 13.7. The van der Waals surface area contributed by atoms with Gasteiger partial charge in [0.15, 0.2) is 11.5 Å². The van der Waals surface area contributed by atoms with Crippen molar-refractivity contribution >= 4 is 11.7 Å². The summed E-state index contributed by atoms with van der Waals surface area (Å²) in [6.45, 7) is 0.698. The lowest BCUT2D eigenvalue weighted by Crippen LogP contribution is -2.25. The maximum Gasteiger partial charge on any atom is 0.231 e. The zero-order chi connectivity index (χ0) is 18.4. The van der Waals surface area contributed by atoms with E-state index in [-0.39, 0.29) is 30.9 Å². The molecule has 0 saturated heterocycles. The van der Waals surface area contributed by atoms with Crippen LogP contribution < -0.4 is 14.8 Å². The van der Waals surface area contributed by atoms with Crippen LogP contribution in [0.4, 0.5) is 10.2 Å². The Kier molecular flexibility index (Phi) is 3.60. The van der Waals surface area contributed by atoms with Crippen LogP contribution in [-0.4, -0.2) is 22.5 Å². The van der Waals surface area contributed by atoms with E-state index in [4.69, 9.17) is 9.47 Å². The summed E-state index contributed by atoms with van der Waals surface area (Å²) in [6, 6.07) is 12.1. The Labute approximate surface area is 154 Å². The molecule has 1 amide bonds. The summed E-state index contributed by atoms with van der Waals surface area (Å²) >= 11 is 0. The first-order valence-electron chi connectivity index (χ1n) is 8.67. The van der Waals surface area contributed by atoms with Crippen LogP contribution in [0, 0.1) is 5.82 Å². The monoisotopic (exact) mass is 365 g/mol. The molecule has 0 aliphatic carbocycles. The van der Waals surface area contributed by atoms with Crippen LogP contribution in [-0.2, 0) is 11.3 Å². The van der Waals surface area contributed by atoms with Crippen molar-refractivity contribution in [3.05, 3.63) is 71.2 Å². The predicted molar refractivity (Wildman–Crippen MR) is 95.4 cm³/mol.